The van der Waals surface area contributed by atoms with E-state index < -0.39 is 35.7 Å². The first-order valence-corrected chi connectivity index (χ1v) is 10.4. The molecule has 1 saturated carbocycles. The average molecular weight is 485 g/mol. The quantitative estimate of drug-likeness (QED) is 0.538. The van der Waals surface area contributed by atoms with Crippen LogP contribution in [0.15, 0.2) is 34.9 Å². The minimum atomic E-state index is -4.40. The normalized spacial score (nSPS) is 24.5. The van der Waals surface area contributed by atoms with Crippen molar-refractivity contribution < 1.29 is 26.8 Å². The van der Waals surface area contributed by atoms with E-state index in [4.69, 9.17) is 16.0 Å². The first kappa shape index (κ1) is 21.7. The monoisotopic (exact) mass is 484 g/mol. The highest BCUT2D eigenvalue weighted by Crippen LogP contribution is 2.58. The number of carbonyl (C=O) groups is 1. The summed E-state index contributed by atoms with van der Waals surface area (Å²) in [5, 5.41) is 14.3. The molecule has 8 nitrogen and oxygen atoms in total. The third kappa shape index (κ3) is 3.62. The molecule has 33 heavy (non-hydrogen) atoms. The lowest BCUT2D eigenvalue weighted by Crippen LogP contribution is -2.71. The SMILES string of the molecule is Cc1nnc([C@@]23C[C@@H](C[C@@H](C(F)(F)F)C2)N3C(=O)Nc2ccc(Cl)c(-n3ccc(F)n3)c2)o1. The minimum Gasteiger partial charge on any atom is -0.423 e. The zero-order valence-corrected chi connectivity index (χ0v) is 17.9. The molecule has 1 aliphatic heterocycles. The number of nitrogens with zero attached hydrogens (tertiary/aromatic N) is 5. The van der Waals surface area contributed by atoms with Gasteiger partial charge in [-0.1, -0.05) is 11.6 Å². The third-order valence-electron chi connectivity index (χ3n) is 6.15. The molecule has 1 N–H and O–H groups in total. The first-order chi connectivity index (χ1) is 15.6. The molecule has 2 amide bonds. The summed E-state index contributed by atoms with van der Waals surface area (Å²) >= 11 is 6.18. The van der Waals surface area contributed by atoms with E-state index in [2.05, 4.69) is 20.6 Å². The smallest absolute Gasteiger partial charge is 0.392 e. The van der Waals surface area contributed by atoms with Gasteiger partial charge in [0.15, 0.2) is 0 Å². The van der Waals surface area contributed by atoms with Crippen LogP contribution in [0.2, 0.25) is 5.02 Å². The van der Waals surface area contributed by atoms with Gasteiger partial charge in [0.05, 0.1) is 16.6 Å². The van der Waals surface area contributed by atoms with Crippen molar-refractivity contribution in [2.45, 2.75) is 43.9 Å². The molecule has 1 aromatic carbocycles. The van der Waals surface area contributed by atoms with Gasteiger partial charge >= 0.3 is 12.2 Å². The zero-order valence-electron chi connectivity index (χ0n) is 17.1. The number of alkyl halides is 3. The number of aryl methyl sites for hydroxylation is 1. The maximum Gasteiger partial charge on any atom is 0.392 e. The lowest BCUT2D eigenvalue weighted by Gasteiger charge is -2.61. The fraction of sp³-hybridized carbons (Fsp3) is 0.400. The number of anilines is 1. The Morgan fingerprint density at radius 1 is 1.27 bits per heavy atom. The Labute approximate surface area is 189 Å². The van der Waals surface area contributed by atoms with Gasteiger partial charge in [-0.25, -0.2) is 9.48 Å². The number of rotatable bonds is 3. The Balaban J connectivity index is 1.44. The van der Waals surface area contributed by atoms with E-state index in [1.807, 2.05) is 0 Å². The lowest BCUT2D eigenvalue weighted by molar-refractivity contribution is -0.229. The summed E-state index contributed by atoms with van der Waals surface area (Å²) in [4.78, 5) is 14.6. The Hall–Kier alpha value is -3.15. The fourth-order valence-corrected chi connectivity index (χ4v) is 4.97. The van der Waals surface area contributed by atoms with E-state index in [0.29, 0.717) is 17.8 Å². The average Bonchev–Trinajstić information content (AvgIpc) is 3.37. The van der Waals surface area contributed by atoms with Crippen LogP contribution in [-0.4, -0.2) is 43.1 Å². The van der Waals surface area contributed by atoms with Crippen LogP contribution in [0.4, 0.5) is 28.0 Å². The number of nitrogens with one attached hydrogen (secondary N) is 1. The van der Waals surface area contributed by atoms with Crippen LogP contribution in [0.3, 0.4) is 0 Å². The van der Waals surface area contributed by atoms with E-state index in [9.17, 15) is 22.4 Å². The van der Waals surface area contributed by atoms with Crippen molar-refractivity contribution in [2.75, 3.05) is 5.32 Å². The molecular formula is C20H17ClF4N6O2. The van der Waals surface area contributed by atoms with Gasteiger partial charge in [-0.3, -0.25) is 0 Å². The van der Waals surface area contributed by atoms with Crippen LogP contribution in [0.5, 0.6) is 0 Å². The molecule has 3 heterocycles. The van der Waals surface area contributed by atoms with Crippen molar-refractivity contribution >= 4 is 23.3 Å². The molecule has 2 fully saturated rings. The highest BCUT2D eigenvalue weighted by atomic mass is 35.5. The number of carbonyl (C=O) groups excluding carboxylic acids is 1. The molecule has 1 aliphatic carbocycles. The van der Waals surface area contributed by atoms with Gasteiger partial charge in [0, 0.05) is 37.3 Å². The van der Waals surface area contributed by atoms with E-state index in [1.54, 1.807) is 0 Å². The summed E-state index contributed by atoms with van der Waals surface area (Å²) in [5.74, 6) is -2.09. The van der Waals surface area contributed by atoms with E-state index in [-0.39, 0.29) is 29.6 Å². The van der Waals surface area contributed by atoms with E-state index >= 15 is 0 Å². The molecule has 0 spiro atoms. The summed E-state index contributed by atoms with van der Waals surface area (Å²) < 4.78 is 60.5. The Bertz CT molecular complexity index is 1230. The van der Waals surface area contributed by atoms with Gasteiger partial charge in [-0.15, -0.1) is 15.3 Å². The number of halogens is 5. The largest absolute Gasteiger partial charge is 0.423 e. The Kier molecular flexibility index (Phi) is 4.89. The van der Waals surface area contributed by atoms with Crippen LogP contribution in [0, 0.1) is 18.8 Å². The molecule has 0 radical (unpaired) electrons. The number of amides is 2. The van der Waals surface area contributed by atoms with Crippen LogP contribution in [0.25, 0.3) is 5.69 Å². The van der Waals surface area contributed by atoms with Crippen molar-refractivity contribution in [3.8, 4) is 5.69 Å². The summed E-state index contributed by atoms with van der Waals surface area (Å²) in [5.41, 5.74) is -0.708. The minimum absolute atomic E-state index is 0.0100. The summed E-state index contributed by atoms with van der Waals surface area (Å²) in [6, 6.07) is 4.42. The topological polar surface area (TPSA) is 89.1 Å². The van der Waals surface area contributed by atoms with Crippen LogP contribution in [0.1, 0.15) is 31.0 Å². The molecule has 2 aliphatic rings. The van der Waals surface area contributed by atoms with E-state index in [0.717, 1.165) is 6.07 Å². The zero-order chi connectivity index (χ0) is 23.5. The Morgan fingerprint density at radius 2 is 2.06 bits per heavy atom. The highest BCUT2D eigenvalue weighted by molar-refractivity contribution is 6.32. The second kappa shape index (κ2) is 7.44. The van der Waals surface area contributed by atoms with Crippen LogP contribution >= 0.6 is 11.6 Å². The fourth-order valence-electron chi connectivity index (χ4n) is 4.76. The van der Waals surface area contributed by atoms with Crippen LogP contribution in [-0.2, 0) is 5.54 Å². The standard InChI is InChI=1S/C20H17ClF4N6O2/c1-10-27-28-17(33-10)19-8-11(20(23,24)25)6-13(9-19)31(19)18(32)26-12-2-3-14(21)15(7-12)30-5-4-16(22)29-30/h2-5,7,11,13H,6,8-9H2,1H3,(H,26,32)/t11-,13-,19+/m1/s1. The molecular weight excluding hydrogens is 468 g/mol. The number of piperidine rings is 1. The number of hydrogen-bond donors (Lipinski definition) is 1. The second-order valence-electron chi connectivity index (χ2n) is 8.24. The van der Waals surface area contributed by atoms with Gasteiger partial charge in [0.25, 0.3) is 0 Å². The molecule has 3 atom stereocenters. The van der Waals surface area contributed by atoms with Gasteiger partial charge in [-0.2, -0.15) is 17.6 Å². The molecule has 2 bridgehead atoms. The number of fused-ring (bicyclic) bond motifs is 2. The molecule has 13 heteroatoms. The second-order valence-corrected chi connectivity index (χ2v) is 8.65. The molecule has 1 saturated heterocycles. The number of likely N-dealkylation sites (tertiary alicyclic amines) is 1. The van der Waals surface area contributed by atoms with Crippen molar-refractivity contribution in [1.82, 2.24) is 24.9 Å². The van der Waals surface area contributed by atoms with Crippen molar-refractivity contribution in [3.05, 3.63) is 53.2 Å². The summed E-state index contributed by atoms with van der Waals surface area (Å²) in [6.45, 7) is 1.53. The van der Waals surface area contributed by atoms with Crippen molar-refractivity contribution in [2.24, 2.45) is 5.92 Å². The molecule has 2 aromatic heterocycles. The third-order valence-corrected chi connectivity index (χ3v) is 6.47. The number of urea groups is 1. The Morgan fingerprint density at radius 3 is 2.70 bits per heavy atom. The maximum absolute atomic E-state index is 13.5. The predicted molar refractivity (Wildman–Crippen MR) is 107 cm³/mol. The molecule has 3 aromatic rings. The van der Waals surface area contributed by atoms with Crippen molar-refractivity contribution in [3.63, 3.8) is 0 Å². The highest BCUT2D eigenvalue weighted by Gasteiger charge is 2.66. The molecule has 5 rings (SSSR count). The van der Waals surface area contributed by atoms with Gasteiger partial charge in [0.2, 0.25) is 17.7 Å². The predicted octanol–water partition coefficient (Wildman–Crippen LogP) is 4.83. The summed E-state index contributed by atoms with van der Waals surface area (Å²) in [6.07, 6.45) is -3.30. The van der Waals surface area contributed by atoms with Gasteiger partial charge < -0.3 is 14.6 Å². The molecule has 0 unspecified atom stereocenters. The number of hydrogen-bond acceptors (Lipinski definition) is 5. The van der Waals surface area contributed by atoms with Crippen molar-refractivity contribution in [1.29, 1.82) is 0 Å². The molecule has 174 valence electrons. The van der Waals surface area contributed by atoms with Gasteiger partial charge in [-0.05, 0) is 31.0 Å². The maximum atomic E-state index is 13.5. The van der Waals surface area contributed by atoms with Gasteiger partial charge in [0.1, 0.15) is 5.54 Å². The van der Waals surface area contributed by atoms with Crippen LogP contribution < -0.4 is 5.32 Å². The number of aromatic nitrogens is 4. The van der Waals surface area contributed by atoms with E-state index in [1.165, 1.54) is 40.9 Å². The number of benzene rings is 1. The first-order valence-electron chi connectivity index (χ1n) is 10.1. The summed E-state index contributed by atoms with van der Waals surface area (Å²) in [7, 11) is 0. The lowest BCUT2D eigenvalue weighted by atomic mass is 9.63.